The first-order valence-electron chi connectivity index (χ1n) is 5.00. The highest BCUT2D eigenvalue weighted by Crippen LogP contribution is 2.19. The lowest BCUT2D eigenvalue weighted by molar-refractivity contribution is -0.118. The van der Waals surface area contributed by atoms with E-state index in [1.165, 1.54) is 6.92 Å². The molecule has 84 valence electrons. The zero-order chi connectivity index (χ0) is 12.0. The topological polar surface area (TPSA) is 49.3 Å². The van der Waals surface area contributed by atoms with Gasteiger partial charge in [-0.15, -0.1) is 6.58 Å². The molecule has 16 heavy (non-hydrogen) atoms. The Morgan fingerprint density at radius 2 is 2.31 bits per heavy atom. The van der Waals surface area contributed by atoms with E-state index in [-0.39, 0.29) is 11.7 Å². The van der Waals surface area contributed by atoms with Crippen LogP contribution in [0.2, 0.25) is 0 Å². The maximum absolute atomic E-state index is 10.6. The molecule has 0 aromatic heterocycles. The summed E-state index contributed by atoms with van der Waals surface area (Å²) in [5, 5.41) is 12.1. The summed E-state index contributed by atoms with van der Waals surface area (Å²) in [5.41, 5.74) is 1.74. The highest BCUT2D eigenvalue weighted by atomic mass is 16.3. The van der Waals surface area contributed by atoms with Gasteiger partial charge < -0.3 is 10.4 Å². The van der Waals surface area contributed by atoms with Gasteiger partial charge in [0.25, 0.3) is 0 Å². The molecule has 0 aliphatic rings. The molecular weight excluding hydrogens is 202 g/mol. The SMILES string of the molecule is C=CCc1cc(C=CNC(C)=O)ccc1O. The predicted octanol–water partition coefficient (Wildman–Crippen LogP) is 2.23. The van der Waals surface area contributed by atoms with Crippen molar-refractivity contribution in [2.45, 2.75) is 13.3 Å². The molecule has 1 aromatic rings. The summed E-state index contributed by atoms with van der Waals surface area (Å²) >= 11 is 0. The fourth-order valence-corrected chi connectivity index (χ4v) is 1.28. The quantitative estimate of drug-likeness (QED) is 0.760. The number of rotatable bonds is 4. The van der Waals surface area contributed by atoms with Crippen LogP contribution in [0.25, 0.3) is 6.08 Å². The molecule has 1 amide bonds. The number of aromatic hydroxyl groups is 1. The fraction of sp³-hybridized carbons (Fsp3) is 0.154. The Morgan fingerprint density at radius 1 is 1.56 bits per heavy atom. The highest BCUT2D eigenvalue weighted by molar-refractivity contribution is 5.75. The molecule has 0 unspecified atom stereocenters. The van der Waals surface area contributed by atoms with Crippen molar-refractivity contribution in [1.82, 2.24) is 5.32 Å². The number of amides is 1. The Balaban J connectivity index is 2.81. The molecule has 2 N–H and O–H groups in total. The molecule has 0 aliphatic carbocycles. The third-order valence-electron chi connectivity index (χ3n) is 2.03. The molecule has 0 saturated carbocycles. The molecule has 0 fully saturated rings. The van der Waals surface area contributed by atoms with Crippen molar-refractivity contribution in [3.05, 3.63) is 48.2 Å². The molecular formula is C13H15NO2. The number of hydrogen-bond acceptors (Lipinski definition) is 2. The van der Waals surface area contributed by atoms with E-state index in [0.29, 0.717) is 6.42 Å². The molecule has 3 nitrogen and oxygen atoms in total. The van der Waals surface area contributed by atoms with Gasteiger partial charge in [0.2, 0.25) is 5.91 Å². The van der Waals surface area contributed by atoms with Crippen LogP contribution in [0.5, 0.6) is 5.75 Å². The second kappa shape index (κ2) is 5.75. The average Bonchev–Trinajstić information content (AvgIpc) is 2.22. The third-order valence-corrected chi connectivity index (χ3v) is 2.03. The van der Waals surface area contributed by atoms with Crippen LogP contribution in [0.15, 0.2) is 37.1 Å². The van der Waals surface area contributed by atoms with Crippen LogP contribution in [0.1, 0.15) is 18.1 Å². The molecule has 0 radical (unpaired) electrons. The normalized spacial score (nSPS) is 10.3. The van der Waals surface area contributed by atoms with Crippen molar-refractivity contribution in [1.29, 1.82) is 0 Å². The Kier molecular flexibility index (Phi) is 4.33. The van der Waals surface area contributed by atoms with Crippen LogP contribution < -0.4 is 5.32 Å². The molecule has 3 heteroatoms. The van der Waals surface area contributed by atoms with Gasteiger partial charge in [0.1, 0.15) is 5.75 Å². The Labute approximate surface area is 95.1 Å². The van der Waals surface area contributed by atoms with Crippen LogP contribution in [-0.4, -0.2) is 11.0 Å². The van der Waals surface area contributed by atoms with Gasteiger partial charge in [0, 0.05) is 13.1 Å². The minimum atomic E-state index is -0.110. The number of carbonyl (C=O) groups is 1. The largest absolute Gasteiger partial charge is 0.508 e. The first-order valence-corrected chi connectivity index (χ1v) is 5.00. The summed E-state index contributed by atoms with van der Waals surface area (Å²) in [5.74, 6) is 0.151. The molecule has 0 bridgehead atoms. The standard InChI is InChI=1S/C13H15NO2/c1-3-4-12-9-11(5-6-13(12)16)7-8-14-10(2)15/h3,5-9,16H,1,4H2,2H3,(H,14,15). The summed E-state index contributed by atoms with van der Waals surface area (Å²) < 4.78 is 0. The monoisotopic (exact) mass is 217 g/mol. The molecule has 0 saturated heterocycles. The zero-order valence-corrected chi connectivity index (χ0v) is 9.23. The van der Waals surface area contributed by atoms with Crippen molar-refractivity contribution in [2.24, 2.45) is 0 Å². The van der Waals surface area contributed by atoms with Crippen LogP contribution in [-0.2, 0) is 11.2 Å². The fourth-order valence-electron chi connectivity index (χ4n) is 1.28. The van der Waals surface area contributed by atoms with E-state index < -0.39 is 0 Å². The van der Waals surface area contributed by atoms with Crippen molar-refractivity contribution in [3.63, 3.8) is 0 Å². The summed E-state index contributed by atoms with van der Waals surface area (Å²) in [6.45, 7) is 5.07. The maximum atomic E-state index is 10.6. The number of phenolic OH excluding ortho intramolecular Hbond substituents is 1. The van der Waals surface area contributed by atoms with E-state index in [1.54, 1.807) is 30.5 Å². The minimum Gasteiger partial charge on any atom is -0.508 e. The van der Waals surface area contributed by atoms with E-state index in [1.807, 2.05) is 6.07 Å². The lowest BCUT2D eigenvalue weighted by Crippen LogP contribution is -2.10. The predicted molar refractivity (Wildman–Crippen MR) is 64.9 cm³/mol. The summed E-state index contributed by atoms with van der Waals surface area (Å²) in [4.78, 5) is 10.6. The van der Waals surface area contributed by atoms with Crippen LogP contribution >= 0.6 is 0 Å². The smallest absolute Gasteiger partial charge is 0.220 e. The summed E-state index contributed by atoms with van der Waals surface area (Å²) in [6.07, 6.45) is 5.70. The van der Waals surface area contributed by atoms with Gasteiger partial charge in [-0.2, -0.15) is 0 Å². The first kappa shape index (κ1) is 12.0. The maximum Gasteiger partial charge on any atom is 0.220 e. The van der Waals surface area contributed by atoms with E-state index >= 15 is 0 Å². The molecule has 1 aromatic carbocycles. The lowest BCUT2D eigenvalue weighted by Gasteiger charge is -2.02. The number of carbonyl (C=O) groups excluding carboxylic acids is 1. The molecule has 0 heterocycles. The Bertz CT molecular complexity index is 422. The third kappa shape index (κ3) is 3.61. The second-order valence-corrected chi connectivity index (χ2v) is 3.41. The number of phenols is 1. The minimum absolute atomic E-state index is 0.110. The summed E-state index contributed by atoms with van der Waals surface area (Å²) in [6, 6.07) is 5.27. The van der Waals surface area contributed by atoms with Crippen molar-refractivity contribution in [3.8, 4) is 5.75 Å². The van der Waals surface area contributed by atoms with Gasteiger partial charge >= 0.3 is 0 Å². The number of nitrogens with one attached hydrogen (secondary N) is 1. The number of allylic oxidation sites excluding steroid dienone is 1. The molecule has 1 rings (SSSR count). The van der Waals surface area contributed by atoms with E-state index in [9.17, 15) is 9.90 Å². The van der Waals surface area contributed by atoms with Crippen LogP contribution in [0.3, 0.4) is 0 Å². The van der Waals surface area contributed by atoms with Gasteiger partial charge in [0.05, 0.1) is 0 Å². The van der Waals surface area contributed by atoms with Crippen molar-refractivity contribution >= 4 is 12.0 Å². The van der Waals surface area contributed by atoms with Gasteiger partial charge in [-0.3, -0.25) is 4.79 Å². The Morgan fingerprint density at radius 3 is 2.94 bits per heavy atom. The highest BCUT2D eigenvalue weighted by Gasteiger charge is 1.99. The van der Waals surface area contributed by atoms with Gasteiger partial charge in [-0.1, -0.05) is 12.1 Å². The molecule has 0 atom stereocenters. The number of benzene rings is 1. The van der Waals surface area contributed by atoms with Crippen LogP contribution in [0, 0.1) is 0 Å². The molecule has 0 aliphatic heterocycles. The zero-order valence-electron chi connectivity index (χ0n) is 9.23. The van der Waals surface area contributed by atoms with Gasteiger partial charge in [0.15, 0.2) is 0 Å². The molecule has 0 spiro atoms. The van der Waals surface area contributed by atoms with Gasteiger partial charge in [-0.25, -0.2) is 0 Å². The average molecular weight is 217 g/mol. The van der Waals surface area contributed by atoms with E-state index in [0.717, 1.165) is 11.1 Å². The van der Waals surface area contributed by atoms with Gasteiger partial charge in [-0.05, 0) is 35.8 Å². The summed E-state index contributed by atoms with van der Waals surface area (Å²) in [7, 11) is 0. The Hall–Kier alpha value is -2.03. The van der Waals surface area contributed by atoms with Crippen molar-refractivity contribution in [2.75, 3.05) is 0 Å². The van der Waals surface area contributed by atoms with Crippen LogP contribution in [0.4, 0.5) is 0 Å². The van der Waals surface area contributed by atoms with E-state index in [2.05, 4.69) is 11.9 Å². The second-order valence-electron chi connectivity index (χ2n) is 3.41. The number of hydrogen-bond donors (Lipinski definition) is 2. The van der Waals surface area contributed by atoms with E-state index in [4.69, 9.17) is 0 Å². The lowest BCUT2D eigenvalue weighted by atomic mass is 10.1. The van der Waals surface area contributed by atoms with Crippen molar-refractivity contribution < 1.29 is 9.90 Å². The first-order chi connectivity index (χ1) is 7.63.